The van der Waals surface area contributed by atoms with Crippen LogP contribution in [0.2, 0.25) is 0 Å². The summed E-state index contributed by atoms with van der Waals surface area (Å²) in [6.07, 6.45) is 3.13. The molecule has 5 nitrogen and oxygen atoms in total. The van der Waals surface area contributed by atoms with Gasteiger partial charge in [-0.05, 0) is 38.8 Å². The van der Waals surface area contributed by atoms with E-state index in [9.17, 15) is 9.59 Å². The SMILES string of the molecule is CC(=O)N(CCNC(=O)C1CCC1)c1ccccc1OC(C)C. The fraction of sp³-hybridized carbons (Fsp3) is 0.556. The monoisotopic (exact) mass is 318 g/mol. The molecule has 1 aliphatic rings. The number of anilines is 1. The number of nitrogens with one attached hydrogen (secondary N) is 1. The molecule has 0 aromatic heterocycles. The van der Waals surface area contributed by atoms with E-state index in [-0.39, 0.29) is 23.8 Å². The molecule has 0 atom stereocenters. The van der Waals surface area contributed by atoms with E-state index in [1.165, 1.54) is 6.92 Å². The van der Waals surface area contributed by atoms with Crippen molar-refractivity contribution in [3.63, 3.8) is 0 Å². The van der Waals surface area contributed by atoms with Gasteiger partial charge in [0.25, 0.3) is 0 Å². The van der Waals surface area contributed by atoms with Crippen LogP contribution in [0, 0.1) is 5.92 Å². The molecule has 0 radical (unpaired) electrons. The zero-order valence-electron chi connectivity index (χ0n) is 14.2. The minimum atomic E-state index is -0.0669. The van der Waals surface area contributed by atoms with Gasteiger partial charge in [-0.1, -0.05) is 18.6 Å². The van der Waals surface area contributed by atoms with Gasteiger partial charge in [0.15, 0.2) is 0 Å². The number of carbonyl (C=O) groups excluding carboxylic acids is 2. The second kappa shape index (κ2) is 7.99. The Morgan fingerprint density at radius 3 is 2.57 bits per heavy atom. The van der Waals surface area contributed by atoms with Gasteiger partial charge in [-0.2, -0.15) is 0 Å². The molecule has 1 N–H and O–H groups in total. The third-order valence-electron chi connectivity index (χ3n) is 4.01. The third kappa shape index (κ3) is 4.71. The number of rotatable bonds is 7. The first-order chi connectivity index (χ1) is 11.0. The Hall–Kier alpha value is -2.04. The Morgan fingerprint density at radius 1 is 1.30 bits per heavy atom. The molecule has 1 aromatic carbocycles. The number of hydrogen-bond donors (Lipinski definition) is 1. The molecular formula is C18H26N2O3. The lowest BCUT2D eigenvalue weighted by atomic mass is 9.85. The molecule has 1 aliphatic carbocycles. The molecule has 1 fully saturated rings. The molecule has 2 rings (SSSR count). The molecule has 1 saturated carbocycles. The van der Waals surface area contributed by atoms with Crippen molar-refractivity contribution in [2.75, 3.05) is 18.0 Å². The summed E-state index contributed by atoms with van der Waals surface area (Å²) in [5, 5.41) is 2.93. The zero-order valence-corrected chi connectivity index (χ0v) is 14.2. The van der Waals surface area contributed by atoms with Crippen LogP contribution in [0.15, 0.2) is 24.3 Å². The van der Waals surface area contributed by atoms with Crippen LogP contribution >= 0.6 is 0 Å². The maximum Gasteiger partial charge on any atom is 0.224 e. The number of para-hydroxylation sites is 2. The average Bonchev–Trinajstić information content (AvgIpc) is 2.42. The van der Waals surface area contributed by atoms with E-state index < -0.39 is 0 Å². The summed E-state index contributed by atoms with van der Waals surface area (Å²) in [6.45, 7) is 6.32. The largest absolute Gasteiger partial charge is 0.489 e. The molecule has 0 spiro atoms. The lowest BCUT2D eigenvalue weighted by Gasteiger charge is -2.27. The smallest absolute Gasteiger partial charge is 0.224 e. The summed E-state index contributed by atoms with van der Waals surface area (Å²) in [7, 11) is 0. The minimum absolute atomic E-state index is 0.0308. The Bertz CT molecular complexity index is 553. The highest BCUT2D eigenvalue weighted by Crippen LogP contribution is 2.29. The van der Waals surface area contributed by atoms with Crippen molar-refractivity contribution < 1.29 is 14.3 Å². The summed E-state index contributed by atoms with van der Waals surface area (Å²) in [5.74, 6) is 0.884. The zero-order chi connectivity index (χ0) is 16.8. The van der Waals surface area contributed by atoms with Gasteiger partial charge in [0.2, 0.25) is 11.8 Å². The Morgan fingerprint density at radius 2 is 2.00 bits per heavy atom. The van der Waals surface area contributed by atoms with Gasteiger partial charge in [-0.25, -0.2) is 0 Å². The van der Waals surface area contributed by atoms with Crippen LogP contribution in [0.25, 0.3) is 0 Å². The maximum atomic E-state index is 12.0. The van der Waals surface area contributed by atoms with E-state index in [0.717, 1.165) is 24.9 Å². The summed E-state index contributed by atoms with van der Waals surface area (Å²) in [4.78, 5) is 25.6. The Balaban J connectivity index is 2.00. The normalized spacial score (nSPS) is 14.3. The van der Waals surface area contributed by atoms with Crippen LogP contribution < -0.4 is 15.0 Å². The number of carbonyl (C=O) groups is 2. The molecule has 0 heterocycles. The molecule has 126 valence electrons. The van der Waals surface area contributed by atoms with Gasteiger partial charge >= 0.3 is 0 Å². The van der Waals surface area contributed by atoms with Crippen molar-refractivity contribution in [2.45, 2.75) is 46.1 Å². The fourth-order valence-electron chi connectivity index (χ4n) is 2.59. The van der Waals surface area contributed by atoms with Gasteiger partial charge in [0.1, 0.15) is 5.75 Å². The van der Waals surface area contributed by atoms with Crippen LogP contribution in [0.5, 0.6) is 5.75 Å². The molecule has 0 saturated heterocycles. The standard InChI is InChI=1S/C18H26N2O3/c1-13(2)23-17-10-5-4-9-16(17)20(14(3)21)12-11-19-18(22)15-7-6-8-15/h4-5,9-10,13,15H,6-8,11-12H2,1-3H3,(H,19,22). The van der Waals surface area contributed by atoms with Crippen LogP contribution in [0.1, 0.15) is 40.0 Å². The van der Waals surface area contributed by atoms with Crippen LogP contribution in [0.3, 0.4) is 0 Å². The number of nitrogens with zero attached hydrogens (tertiary/aromatic N) is 1. The lowest BCUT2D eigenvalue weighted by molar-refractivity contribution is -0.127. The third-order valence-corrected chi connectivity index (χ3v) is 4.01. The van der Waals surface area contributed by atoms with Gasteiger partial charge in [-0.15, -0.1) is 0 Å². The first-order valence-electron chi connectivity index (χ1n) is 8.30. The summed E-state index contributed by atoms with van der Waals surface area (Å²) in [5.41, 5.74) is 0.742. The molecule has 1 aromatic rings. The van der Waals surface area contributed by atoms with Crippen molar-refractivity contribution in [3.8, 4) is 5.75 Å². The molecule has 23 heavy (non-hydrogen) atoms. The summed E-state index contributed by atoms with van der Waals surface area (Å²) >= 11 is 0. The van der Waals surface area contributed by atoms with E-state index in [0.29, 0.717) is 18.8 Å². The fourth-order valence-corrected chi connectivity index (χ4v) is 2.59. The van der Waals surface area contributed by atoms with E-state index in [4.69, 9.17) is 4.74 Å². The topological polar surface area (TPSA) is 58.6 Å². The van der Waals surface area contributed by atoms with Crippen molar-refractivity contribution in [2.24, 2.45) is 5.92 Å². The second-order valence-electron chi connectivity index (χ2n) is 6.22. The molecule has 0 bridgehead atoms. The Kier molecular flexibility index (Phi) is 6.02. The lowest BCUT2D eigenvalue weighted by Crippen LogP contribution is -2.41. The maximum absolute atomic E-state index is 12.0. The first-order valence-corrected chi connectivity index (χ1v) is 8.30. The summed E-state index contributed by atoms with van der Waals surface area (Å²) in [6, 6.07) is 7.49. The van der Waals surface area contributed by atoms with Crippen molar-refractivity contribution in [1.29, 1.82) is 0 Å². The van der Waals surface area contributed by atoms with E-state index in [1.807, 2.05) is 38.1 Å². The number of amides is 2. The highest BCUT2D eigenvalue weighted by Gasteiger charge is 2.25. The van der Waals surface area contributed by atoms with Gasteiger partial charge in [-0.3, -0.25) is 9.59 Å². The number of ether oxygens (including phenoxy) is 1. The molecule has 2 amide bonds. The molecule has 0 aliphatic heterocycles. The predicted molar refractivity (Wildman–Crippen MR) is 90.6 cm³/mol. The van der Waals surface area contributed by atoms with Gasteiger partial charge in [0.05, 0.1) is 11.8 Å². The quantitative estimate of drug-likeness (QED) is 0.841. The minimum Gasteiger partial charge on any atom is -0.489 e. The Labute approximate surface area is 138 Å². The van der Waals surface area contributed by atoms with Crippen molar-refractivity contribution in [3.05, 3.63) is 24.3 Å². The van der Waals surface area contributed by atoms with Gasteiger partial charge in [0, 0.05) is 25.9 Å². The highest BCUT2D eigenvalue weighted by atomic mass is 16.5. The van der Waals surface area contributed by atoms with E-state index in [1.54, 1.807) is 4.90 Å². The predicted octanol–water partition coefficient (Wildman–Crippen LogP) is 2.74. The van der Waals surface area contributed by atoms with Crippen molar-refractivity contribution >= 4 is 17.5 Å². The molecule has 5 heteroatoms. The van der Waals surface area contributed by atoms with Gasteiger partial charge < -0.3 is 15.0 Å². The van der Waals surface area contributed by atoms with Crippen LogP contribution in [0.4, 0.5) is 5.69 Å². The average molecular weight is 318 g/mol. The van der Waals surface area contributed by atoms with Crippen LogP contribution in [-0.4, -0.2) is 31.0 Å². The van der Waals surface area contributed by atoms with Crippen LogP contribution in [-0.2, 0) is 9.59 Å². The van der Waals surface area contributed by atoms with E-state index >= 15 is 0 Å². The number of hydrogen-bond acceptors (Lipinski definition) is 3. The molecular weight excluding hydrogens is 292 g/mol. The summed E-state index contributed by atoms with van der Waals surface area (Å²) < 4.78 is 5.79. The first kappa shape index (κ1) is 17.3. The second-order valence-corrected chi connectivity index (χ2v) is 6.22. The van der Waals surface area contributed by atoms with E-state index in [2.05, 4.69) is 5.32 Å². The van der Waals surface area contributed by atoms with Crippen molar-refractivity contribution in [1.82, 2.24) is 5.32 Å². The highest BCUT2D eigenvalue weighted by molar-refractivity contribution is 5.93. The number of benzene rings is 1. The molecule has 0 unspecified atom stereocenters.